The van der Waals surface area contributed by atoms with Gasteiger partial charge in [-0.05, 0) is 106 Å². The van der Waals surface area contributed by atoms with Gasteiger partial charge in [-0.1, -0.05) is 97.1 Å². The van der Waals surface area contributed by atoms with E-state index in [9.17, 15) is 0 Å². The van der Waals surface area contributed by atoms with Gasteiger partial charge in [0.25, 0.3) is 0 Å². The van der Waals surface area contributed by atoms with Gasteiger partial charge in [0.05, 0.1) is 31.1 Å². The monoisotopic (exact) mass is 847 g/mol. The van der Waals surface area contributed by atoms with Crippen molar-refractivity contribution in [2.75, 3.05) is 0 Å². The molecule has 0 saturated carbocycles. The van der Waals surface area contributed by atoms with Crippen molar-refractivity contribution in [3.05, 3.63) is 142 Å². The lowest BCUT2D eigenvalue weighted by molar-refractivity contribution is 1.04. The van der Waals surface area contributed by atoms with Crippen LogP contribution in [0.25, 0.3) is 0 Å². The molecule has 4 aromatic carbocycles. The zero-order valence-corrected chi connectivity index (χ0v) is 33.7. The molecule has 0 bridgehead atoms. The minimum Gasteiger partial charge on any atom is -0.375 e. The molecular weight excluding hydrogens is 815 g/mol. The Hall–Kier alpha value is -6.71. The first kappa shape index (κ1) is 43.0. The SMILES string of the molecule is NC(=S)N/N=C/c1ccc(/C=N/NC(=S)/N=C/c2ccc(/C=N/NC(=S)/N=C/c3ccc(/C=N/NC(=S)/N=C/c4ccc(/C=N/NC(N)=S)cc4)cc3)cc2)cc1. The van der Waals surface area contributed by atoms with Crippen LogP contribution in [0.4, 0.5) is 0 Å². The van der Waals surface area contributed by atoms with E-state index >= 15 is 0 Å². The van der Waals surface area contributed by atoms with Crippen LogP contribution in [0.5, 0.6) is 0 Å². The van der Waals surface area contributed by atoms with E-state index in [0.29, 0.717) is 0 Å². The number of aliphatic imine (C=N–C) groups is 3. The molecule has 0 amide bonds. The Morgan fingerprint density at radius 2 is 0.491 bits per heavy atom. The van der Waals surface area contributed by atoms with E-state index in [1.807, 2.05) is 97.1 Å². The number of benzene rings is 4. The van der Waals surface area contributed by atoms with Crippen LogP contribution in [-0.2, 0) is 0 Å². The predicted octanol–water partition coefficient (Wildman–Crippen LogP) is 4.00. The highest BCUT2D eigenvalue weighted by Crippen LogP contribution is 2.04. The maximum absolute atomic E-state index is 5.34. The average Bonchev–Trinajstić information content (AvgIpc) is 3.20. The van der Waals surface area contributed by atoms with Crippen LogP contribution in [0, 0.1) is 0 Å². The van der Waals surface area contributed by atoms with Crippen molar-refractivity contribution in [3.63, 3.8) is 0 Å². The second kappa shape index (κ2) is 23.9. The third-order valence-electron chi connectivity index (χ3n) is 6.64. The van der Waals surface area contributed by atoms with Gasteiger partial charge in [-0.25, -0.2) is 15.0 Å². The normalized spacial score (nSPS) is 11.8. The second-order valence-electron chi connectivity index (χ2n) is 10.9. The zero-order chi connectivity index (χ0) is 40.7. The van der Waals surface area contributed by atoms with Crippen molar-refractivity contribution in [1.29, 1.82) is 0 Å². The van der Waals surface area contributed by atoms with Crippen LogP contribution in [0.2, 0.25) is 0 Å². The van der Waals surface area contributed by atoms with Gasteiger partial charge in [0.1, 0.15) is 0 Å². The van der Waals surface area contributed by atoms with E-state index in [4.69, 9.17) is 72.6 Å². The molecule has 0 atom stereocenters. The Balaban J connectivity index is 1.13. The Bertz CT molecular complexity index is 2260. The minimum absolute atomic E-state index is 0.0961. The lowest BCUT2D eigenvalue weighted by atomic mass is 10.2. The van der Waals surface area contributed by atoms with E-state index in [-0.39, 0.29) is 25.6 Å². The fourth-order valence-electron chi connectivity index (χ4n) is 3.99. The smallest absolute Gasteiger partial charge is 0.213 e. The number of nitrogens with zero attached hydrogens (tertiary/aromatic N) is 8. The van der Waals surface area contributed by atoms with Crippen LogP contribution < -0.4 is 38.6 Å². The zero-order valence-electron chi connectivity index (χ0n) is 29.6. The summed E-state index contributed by atoms with van der Waals surface area (Å²) >= 11 is 25.1. The van der Waals surface area contributed by atoms with Crippen molar-refractivity contribution < 1.29 is 0 Å². The maximum atomic E-state index is 5.34. The van der Waals surface area contributed by atoms with Gasteiger partial charge in [-0.3, -0.25) is 27.1 Å². The molecule has 0 radical (unpaired) electrons. The molecule has 4 aromatic rings. The molecule has 15 nitrogen and oxygen atoms in total. The van der Waals surface area contributed by atoms with Crippen molar-refractivity contribution >= 4 is 136 Å². The Kier molecular flexibility index (Phi) is 18.1. The fourth-order valence-corrected chi connectivity index (χ4v) is 4.41. The third-order valence-corrected chi connectivity index (χ3v) is 7.41. The van der Waals surface area contributed by atoms with Gasteiger partial charge in [-0.15, -0.1) is 0 Å². The molecule has 0 aliphatic carbocycles. The van der Waals surface area contributed by atoms with Gasteiger partial charge in [0.15, 0.2) is 10.2 Å². The fraction of sp³-hybridized carbons (Fsp3) is 0. The highest BCUT2D eigenvalue weighted by molar-refractivity contribution is 7.81. The highest BCUT2D eigenvalue weighted by atomic mass is 32.1. The van der Waals surface area contributed by atoms with E-state index in [1.165, 1.54) is 0 Å². The minimum atomic E-state index is 0.0961. The van der Waals surface area contributed by atoms with Crippen molar-refractivity contribution in [3.8, 4) is 0 Å². The predicted molar refractivity (Wildman–Crippen MR) is 254 cm³/mol. The molecule has 0 saturated heterocycles. The van der Waals surface area contributed by atoms with Crippen molar-refractivity contribution in [1.82, 2.24) is 27.1 Å². The second-order valence-corrected chi connectivity index (χ2v) is 13.0. The number of hydrogen-bond donors (Lipinski definition) is 7. The number of thiocarbonyl (C=S) groups is 5. The first-order chi connectivity index (χ1) is 27.6. The van der Waals surface area contributed by atoms with Crippen LogP contribution in [0.15, 0.2) is 138 Å². The summed E-state index contributed by atoms with van der Waals surface area (Å²) in [7, 11) is 0. The van der Waals surface area contributed by atoms with E-state index < -0.39 is 0 Å². The van der Waals surface area contributed by atoms with Gasteiger partial charge < -0.3 is 11.5 Å². The number of rotatable bonds is 13. The van der Waals surface area contributed by atoms with E-state index in [1.54, 1.807) is 49.7 Å². The summed E-state index contributed by atoms with van der Waals surface area (Å²) in [6, 6.07) is 30.0. The van der Waals surface area contributed by atoms with Crippen molar-refractivity contribution in [2.45, 2.75) is 0 Å². The first-order valence-corrected chi connectivity index (χ1v) is 18.3. The molecule has 0 unspecified atom stereocenters. The molecule has 0 aromatic heterocycles. The van der Waals surface area contributed by atoms with Crippen molar-refractivity contribution in [2.24, 2.45) is 52.0 Å². The topological polar surface area (TPSA) is 211 Å². The van der Waals surface area contributed by atoms with Crippen LogP contribution in [0.3, 0.4) is 0 Å². The van der Waals surface area contributed by atoms with Crippen LogP contribution in [-0.4, -0.2) is 75.3 Å². The molecule has 0 aliphatic rings. The van der Waals surface area contributed by atoms with Crippen LogP contribution >= 0.6 is 61.1 Å². The molecule has 0 aliphatic heterocycles. The van der Waals surface area contributed by atoms with E-state index in [2.05, 4.69) is 67.6 Å². The van der Waals surface area contributed by atoms with Gasteiger partial charge in [0.2, 0.25) is 15.3 Å². The molecule has 286 valence electrons. The maximum Gasteiger partial charge on any atom is 0.213 e. The summed E-state index contributed by atoms with van der Waals surface area (Å²) in [6.07, 6.45) is 13.0. The lowest BCUT2D eigenvalue weighted by Gasteiger charge is -1.99. The van der Waals surface area contributed by atoms with E-state index in [0.717, 1.165) is 44.5 Å². The van der Waals surface area contributed by atoms with Gasteiger partial charge in [0, 0.05) is 18.6 Å². The molecule has 20 heteroatoms. The molecule has 0 spiro atoms. The molecule has 0 heterocycles. The summed E-state index contributed by atoms with van der Waals surface area (Å²) in [4.78, 5) is 12.7. The lowest BCUT2D eigenvalue weighted by Crippen LogP contribution is -2.23. The molecular formula is C37H33N15S5. The third kappa shape index (κ3) is 18.0. The summed E-state index contributed by atoms with van der Waals surface area (Å²) in [6.45, 7) is 0. The highest BCUT2D eigenvalue weighted by Gasteiger charge is 1.97. The average molecular weight is 848 g/mol. The number of hydrazone groups is 5. The number of nitrogens with one attached hydrogen (secondary N) is 5. The summed E-state index contributed by atoms with van der Waals surface area (Å²) in [5.41, 5.74) is 30.7. The first-order valence-electron chi connectivity index (χ1n) is 16.3. The summed E-state index contributed by atoms with van der Waals surface area (Å²) in [5, 5.41) is 21.1. The summed E-state index contributed by atoms with van der Waals surface area (Å²) in [5.74, 6) is 0. The Morgan fingerprint density at radius 1 is 0.316 bits per heavy atom. The standard InChI is InChI=1S/C37H33N15S5/c38-33(53)48-43-20-28-7-1-25(2-8-28)17-40-35(55)50-45-22-30-9-3-26(4-10-30)18-41-36(56)51-46-23-31-11-5-27(6-12-31)19-42-37(57)52-47-24-32-15-13-29(14-16-32)21-44-49-34(39)54/h1-24H,(H,50,55)(H,51,56)(H,52,57)(H3,38,48,53)(H3,39,49,54)/b40-17+,41-18+,42-19+,43-20+,44-21+,45-22+,46-23+,47-24+. The Labute approximate surface area is 355 Å². The largest absolute Gasteiger partial charge is 0.375 e. The quantitative estimate of drug-likeness (QED) is 0.0579. The van der Waals surface area contributed by atoms with Gasteiger partial charge in [-0.2, -0.15) is 25.5 Å². The molecule has 0 fully saturated rings. The molecule has 9 N–H and O–H groups in total. The molecule has 4 rings (SSSR count). The molecule has 57 heavy (non-hydrogen) atoms. The summed E-state index contributed by atoms with van der Waals surface area (Å²) < 4.78 is 0. The van der Waals surface area contributed by atoms with Gasteiger partial charge >= 0.3 is 0 Å². The number of nitrogens with two attached hydrogens (primary N) is 2. The van der Waals surface area contributed by atoms with Crippen LogP contribution in [0.1, 0.15) is 44.5 Å². The Morgan fingerprint density at radius 3 is 0.684 bits per heavy atom. The number of hydrogen-bond acceptors (Lipinski definition) is 10.